The monoisotopic (exact) mass is 302 g/mol. The molecule has 0 amide bonds. The SMILES string of the molecule is CC(OC(=O)CCc1ccccc1)c1nc(C(C)(C)C)no1. The predicted molar refractivity (Wildman–Crippen MR) is 82.3 cm³/mol. The summed E-state index contributed by atoms with van der Waals surface area (Å²) in [7, 11) is 0. The molecule has 1 aromatic carbocycles. The Kier molecular flexibility index (Phi) is 4.96. The predicted octanol–water partition coefficient (Wildman–Crippen LogP) is 3.60. The lowest BCUT2D eigenvalue weighted by Gasteiger charge is -2.11. The summed E-state index contributed by atoms with van der Waals surface area (Å²) < 4.78 is 10.5. The zero-order valence-electron chi connectivity index (χ0n) is 13.5. The first kappa shape index (κ1) is 16.2. The molecule has 0 saturated carbocycles. The van der Waals surface area contributed by atoms with Crippen molar-refractivity contribution < 1.29 is 14.1 Å². The van der Waals surface area contributed by atoms with Gasteiger partial charge in [-0.3, -0.25) is 4.79 Å². The summed E-state index contributed by atoms with van der Waals surface area (Å²) in [4.78, 5) is 16.2. The Morgan fingerprint density at radius 2 is 1.95 bits per heavy atom. The summed E-state index contributed by atoms with van der Waals surface area (Å²) in [5.41, 5.74) is 0.915. The van der Waals surface area contributed by atoms with Crippen molar-refractivity contribution in [2.24, 2.45) is 0 Å². The fourth-order valence-corrected chi connectivity index (χ4v) is 1.90. The molecule has 5 nitrogen and oxygen atoms in total. The lowest BCUT2D eigenvalue weighted by molar-refractivity contribution is -0.149. The Morgan fingerprint density at radius 3 is 2.55 bits per heavy atom. The molecule has 0 fully saturated rings. The van der Waals surface area contributed by atoms with Crippen molar-refractivity contribution in [1.82, 2.24) is 10.1 Å². The first-order valence-electron chi connectivity index (χ1n) is 7.44. The van der Waals surface area contributed by atoms with Crippen LogP contribution in [0.4, 0.5) is 0 Å². The van der Waals surface area contributed by atoms with Crippen molar-refractivity contribution in [3.63, 3.8) is 0 Å². The van der Waals surface area contributed by atoms with Crippen molar-refractivity contribution >= 4 is 5.97 Å². The van der Waals surface area contributed by atoms with Crippen LogP contribution in [0.5, 0.6) is 0 Å². The summed E-state index contributed by atoms with van der Waals surface area (Å²) in [5.74, 6) is 0.666. The zero-order valence-corrected chi connectivity index (χ0v) is 13.5. The molecule has 22 heavy (non-hydrogen) atoms. The number of hydrogen-bond donors (Lipinski definition) is 0. The van der Waals surface area contributed by atoms with E-state index >= 15 is 0 Å². The second-order valence-electron chi connectivity index (χ2n) is 6.32. The Balaban J connectivity index is 1.87. The van der Waals surface area contributed by atoms with Crippen LogP contribution < -0.4 is 0 Å². The highest BCUT2D eigenvalue weighted by molar-refractivity contribution is 5.69. The highest BCUT2D eigenvalue weighted by Gasteiger charge is 2.24. The molecule has 2 rings (SSSR count). The van der Waals surface area contributed by atoms with E-state index in [0.29, 0.717) is 24.6 Å². The average molecular weight is 302 g/mol. The number of carbonyl (C=O) groups excluding carboxylic acids is 1. The van der Waals surface area contributed by atoms with Crippen LogP contribution in [0.3, 0.4) is 0 Å². The van der Waals surface area contributed by atoms with Crippen molar-refractivity contribution in [1.29, 1.82) is 0 Å². The van der Waals surface area contributed by atoms with E-state index in [1.807, 2.05) is 51.1 Å². The van der Waals surface area contributed by atoms with Crippen molar-refractivity contribution in [2.45, 2.75) is 52.1 Å². The number of nitrogens with zero attached hydrogens (tertiary/aromatic N) is 2. The smallest absolute Gasteiger partial charge is 0.306 e. The van der Waals surface area contributed by atoms with E-state index in [4.69, 9.17) is 9.26 Å². The summed E-state index contributed by atoms with van der Waals surface area (Å²) in [5, 5.41) is 3.93. The van der Waals surface area contributed by atoms with E-state index in [9.17, 15) is 4.79 Å². The number of aryl methyl sites for hydroxylation is 1. The second-order valence-corrected chi connectivity index (χ2v) is 6.32. The molecular formula is C17H22N2O3. The molecule has 0 radical (unpaired) electrons. The molecule has 1 heterocycles. The van der Waals surface area contributed by atoms with Crippen LogP contribution in [0.1, 0.15) is 57.5 Å². The molecule has 5 heteroatoms. The van der Waals surface area contributed by atoms with Crippen molar-refractivity contribution in [2.75, 3.05) is 0 Å². The number of rotatable bonds is 5. The van der Waals surface area contributed by atoms with Gasteiger partial charge in [-0.2, -0.15) is 4.98 Å². The van der Waals surface area contributed by atoms with Crippen LogP contribution in [0.2, 0.25) is 0 Å². The van der Waals surface area contributed by atoms with Crippen LogP contribution in [-0.4, -0.2) is 16.1 Å². The minimum Gasteiger partial charge on any atom is -0.453 e. The minimum atomic E-state index is -0.535. The minimum absolute atomic E-state index is 0.196. The quantitative estimate of drug-likeness (QED) is 0.789. The van der Waals surface area contributed by atoms with Gasteiger partial charge >= 0.3 is 5.97 Å². The largest absolute Gasteiger partial charge is 0.453 e. The third-order valence-corrected chi connectivity index (χ3v) is 3.23. The van der Waals surface area contributed by atoms with Gasteiger partial charge in [-0.05, 0) is 18.9 Å². The molecule has 0 spiro atoms. The van der Waals surface area contributed by atoms with Gasteiger partial charge in [-0.1, -0.05) is 56.3 Å². The fraction of sp³-hybridized carbons (Fsp3) is 0.471. The molecule has 2 aromatic rings. The normalized spacial score (nSPS) is 12.9. The molecule has 118 valence electrons. The molecule has 0 N–H and O–H groups in total. The van der Waals surface area contributed by atoms with Crippen LogP contribution >= 0.6 is 0 Å². The maximum absolute atomic E-state index is 11.9. The lowest BCUT2D eigenvalue weighted by Crippen LogP contribution is -2.14. The van der Waals surface area contributed by atoms with Gasteiger partial charge in [-0.25, -0.2) is 0 Å². The van der Waals surface area contributed by atoms with Gasteiger partial charge in [0.1, 0.15) is 0 Å². The first-order valence-corrected chi connectivity index (χ1v) is 7.44. The number of aromatic nitrogens is 2. The Hall–Kier alpha value is -2.17. The third kappa shape index (κ3) is 4.41. The van der Waals surface area contributed by atoms with E-state index in [1.165, 1.54) is 0 Å². The average Bonchev–Trinajstić information content (AvgIpc) is 2.96. The van der Waals surface area contributed by atoms with Crippen LogP contribution in [0, 0.1) is 0 Å². The molecule has 0 aliphatic rings. The third-order valence-electron chi connectivity index (χ3n) is 3.23. The second kappa shape index (κ2) is 6.73. The van der Waals surface area contributed by atoms with E-state index in [-0.39, 0.29) is 11.4 Å². The molecule has 1 aromatic heterocycles. The summed E-state index contributed by atoms with van der Waals surface area (Å²) >= 11 is 0. The summed E-state index contributed by atoms with van der Waals surface area (Å²) in [6.45, 7) is 7.73. The Bertz CT molecular complexity index is 614. The van der Waals surface area contributed by atoms with Gasteiger partial charge in [0.2, 0.25) is 0 Å². The van der Waals surface area contributed by atoms with Crippen molar-refractivity contribution in [3.05, 3.63) is 47.6 Å². The molecule has 1 unspecified atom stereocenters. The fourth-order valence-electron chi connectivity index (χ4n) is 1.90. The highest BCUT2D eigenvalue weighted by Crippen LogP contribution is 2.22. The van der Waals surface area contributed by atoms with Crippen LogP contribution in [-0.2, 0) is 21.4 Å². The number of carbonyl (C=O) groups is 1. The number of benzene rings is 1. The number of esters is 1. The molecule has 1 atom stereocenters. The van der Waals surface area contributed by atoms with E-state index in [0.717, 1.165) is 5.56 Å². The Morgan fingerprint density at radius 1 is 1.27 bits per heavy atom. The molecule has 0 bridgehead atoms. The Labute approximate surface area is 130 Å². The van der Waals surface area contributed by atoms with Gasteiger partial charge in [0.05, 0.1) is 0 Å². The highest BCUT2D eigenvalue weighted by atomic mass is 16.6. The van der Waals surface area contributed by atoms with Crippen molar-refractivity contribution in [3.8, 4) is 0 Å². The van der Waals surface area contributed by atoms with Gasteiger partial charge in [0, 0.05) is 11.8 Å². The van der Waals surface area contributed by atoms with Gasteiger partial charge in [0.25, 0.3) is 5.89 Å². The van der Waals surface area contributed by atoms with Crippen LogP contribution in [0.15, 0.2) is 34.9 Å². The van der Waals surface area contributed by atoms with Gasteiger partial charge in [-0.15, -0.1) is 0 Å². The van der Waals surface area contributed by atoms with Crippen LogP contribution in [0.25, 0.3) is 0 Å². The van der Waals surface area contributed by atoms with E-state index in [2.05, 4.69) is 10.1 Å². The molecule has 0 saturated heterocycles. The number of ether oxygens (including phenoxy) is 1. The number of hydrogen-bond acceptors (Lipinski definition) is 5. The molecule has 0 aliphatic heterocycles. The molecular weight excluding hydrogens is 280 g/mol. The zero-order chi connectivity index (χ0) is 16.2. The van der Waals surface area contributed by atoms with Gasteiger partial charge < -0.3 is 9.26 Å². The van der Waals surface area contributed by atoms with E-state index < -0.39 is 6.10 Å². The topological polar surface area (TPSA) is 65.2 Å². The van der Waals surface area contributed by atoms with Gasteiger partial charge in [0.15, 0.2) is 11.9 Å². The maximum Gasteiger partial charge on any atom is 0.306 e. The molecule has 0 aliphatic carbocycles. The van der Waals surface area contributed by atoms with E-state index in [1.54, 1.807) is 6.92 Å². The summed E-state index contributed by atoms with van der Waals surface area (Å²) in [6, 6.07) is 9.84. The standard InChI is InChI=1S/C17H22N2O3/c1-12(15-18-16(19-22-15)17(2,3)4)21-14(20)11-10-13-8-6-5-7-9-13/h5-9,12H,10-11H2,1-4H3. The first-order chi connectivity index (χ1) is 10.4. The summed E-state index contributed by atoms with van der Waals surface area (Å²) in [6.07, 6.45) is 0.449. The maximum atomic E-state index is 11.9. The lowest BCUT2D eigenvalue weighted by atomic mass is 9.96.